The Bertz CT molecular complexity index is 236. The van der Waals surface area contributed by atoms with Gasteiger partial charge >= 0.3 is 0 Å². The van der Waals surface area contributed by atoms with Crippen molar-refractivity contribution in [1.82, 2.24) is 4.98 Å². The molecule has 1 rings (SSSR count). The van der Waals surface area contributed by atoms with Crippen LogP contribution in [0.4, 0.5) is 0 Å². The standard InChI is InChI=1S/C6H7NS4/c1-11(8)10-9-6-4-2-3-5-7-6/h2-5H,1H3. The lowest BCUT2D eigenvalue weighted by Gasteiger charge is -1.96. The van der Waals surface area contributed by atoms with Crippen LogP contribution in [0.3, 0.4) is 0 Å². The van der Waals surface area contributed by atoms with Crippen molar-refractivity contribution in [2.45, 2.75) is 5.03 Å². The van der Waals surface area contributed by atoms with E-state index in [9.17, 15) is 0 Å². The first-order chi connectivity index (χ1) is 5.29. The first kappa shape index (κ1) is 9.51. The molecule has 0 aliphatic heterocycles. The summed E-state index contributed by atoms with van der Waals surface area (Å²) in [5.74, 6) is 0. The molecule has 0 spiro atoms. The molecule has 1 heterocycles. The minimum atomic E-state index is 0.00690. The van der Waals surface area contributed by atoms with Crippen molar-refractivity contribution < 1.29 is 0 Å². The van der Waals surface area contributed by atoms with Crippen LogP contribution in [0.5, 0.6) is 0 Å². The Morgan fingerprint density at radius 2 is 2.36 bits per heavy atom. The van der Waals surface area contributed by atoms with Crippen LogP contribution in [-0.2, 0) is 19.7 Å². The Morgan fingerprint density at radius 3 is 2.91 bits per heavy atom. The number of hydrogen-bond acceptors (Lipinski definition) is 4. The van der Waals surface area contributed by atoms with E-state index >= 15 is 0 Å². The van der Waals surface area contributed by atoms with Gasteiger partial charge in [-0.2, -0.15) is 0 Å². The normalized spacial score (nSPS) is 12.8. The van der Waals surface area contributed by atoms with Gasteiger partial charge in [0.15, 0.2) is 0 Å². The van der Waals surface area contributed by atoms with Crippen LogP contribution in [0.15, 0.2) is 29.4 Å². The summed E-state index contributed by atoms with van der Waals surface area (Å²) in [6.45, 7) is 0. The van der Waals surface area contributed by atoms with Crippen LogP contribution >= 0.6 is 20.6 Å². The van der Waals surface area contributed by atoms with Gasteiger partial charge in [-0.15, -0.1) is 0 Å². The maximum atomic E-state index is 5.02. The summed E-state index contributed by atoms with van der Waals surface area (Å²) in [5.41, 5.74) is 0. The molecule has 1 nitrogen and oxygen atoms in total. The van der Waals surface area contributed by atoms with E-state index in [1.165, 1.54) is 0 Å². The molecular formula is C6H7NS4. The molecule has 11 heavy (non-hydrogen) atoms. The molecule has 1 aromatic rings. The lowest BCUT2D eigenvalue weighted by molar-refractivity contribution is 1.14. The van der Waals surface area contributed by atoms with Crippen LogP contribution in [0, 0.1) is 0 Å². The van der Waals surface area contributed by atoms with Crippen LogP contribution in [0.1, 0.15) is 0 Å². The highest BCUT2D eigenvalue weighted by atomic mass is 33.6. The fraction of sp³-hybridized carbons (Fsp3) is 0.167. The quantitative estimate of drug-likeness (QED) is 0.727. The largest absolute Gasteiger partial charge is 0.249 e. The Hall–Kier alpha value is 0.420. The molecule has 1 unspecified atom stereocenters. The smallest absolute Gasteiger partial charge is 0.107 e. The molecule has 5 heteroatoms. The van der Waals surface area contributed by atoms with Gasteiger partial charge in [0.1, 0.15) is 5.03 Å². The summed E-state index contributed by atoms with van der Waals surface area (Å²) in [6, 6.07) is 5.88. The number of rotatable bonds is 3. The fourth-order valence-corrected chi connectivity index (χ4v) is 3.91. The molecule has 1 atom stereocenters. The molecule has 0 N–H and O–H groups in total. The highest BCUT2D eigenvalue weighted by Gasteiger charge is 1.93. The summed E-state index contributed by atoms with van der Waals surface area (Å²) in [4.78, 5) is 4.15. The Labute approximate surface area is 80.8 Å². The van der Waals surface area contributed by atoms with Gasteiger partial charge in [-0.3, -0.25) is 0 Å². The molecular weight excluding hydrogens is 214 g/mol. The number of hydrogen-bond donors (Lipinski definition) is 0. The van der Waals surface area contributed by atoms with Gasteiger partial charge in [-0.05, 0) is 50.2 Å². The monoisotopic (exact) mass is 221 g/mol. The highest BCUT2D eigenvalue weighted by molar-refractivity contribution is 9.11. The predicted octanol–water partition coefficient (Wildman–Crippen LogP) is 2.45. The second-order valence-electron chi connectivity index (χ2n) is 1.72. The Balaban J connectivity index is 2.45. The van der Waals surface area contributed by atoms with Gasteiger partial charge in [0.2, 0.25) is 0 Å². The van der Waals surface area contributed by atoms with Crippen LogP contribution < -0.4 is 0 Å². The zero-order valence-corrected chi connectivity index (χ0v) is 9.16. The third-order valence-corrected chi connectivity index (χ3v) is 6.65. The van der Waals surface area contributed by atoms with Crippen molar-refractivity contribution in [3.05, 3.63) is 24.4 Å². The van der Waals surface area contributed by atoms with E-state index in [0.717, 1.165) is 5.03 Å². The average Bonchev–Trinajstić information content (AvgIpc) is 2.03. The number of nitrogens with zero attached hydrogens (tertiary/aromatic N) is 1. The van der Waals surface area contributed by atoms with Gasteiger partial charge in [0.25, 0.3) is 0 Å². The van der Waals surface area contributed by atoms with Gasteiger partial charge < -0.3 is 0 Å². The fourth-order valence-electron chi connectivity index (χ4n) is 0.479. The summed E-state index contributed by atoms with van der Waals surface area (Å²) in [5, 5.41) is 1.03. The summed E-state index contributed by atoms with van der Waals surface area (Å²) in [7, 11) is 3.33. The zero-order chi connectivity index (χ0) is 8.10. The van der Waals surface area contributed by atoms with Crippen molar-refractivity contribution in [3.8, 4) is 0 Å². The lowest BCUT2D eigenvalue weighted by Crippen LogP contribution is -1.74. The number of pyridine rings is 1. The minimum absolute atomic E-state index is 0.00690. The van der Waals surface area contributed by atoms with Crippen LogP contribution in [0.25, 0.3) is 0 Å². The van der Waals surface area contributed by atoms with Gasteiger partial charge in [-0.25, -0.2) is 4.98 Å². The minimum Gasteiger partial charge on any atom is -0.249 e. The first-order valence-corrected chi connectivity index (χ1v) is 8.11. The molecule has 0 aromatic carbocycles. The summed E-state index contributed by atoms with van der Waals surface area (Å²) < 4.78 is 0. The Morgan fingerprint density at radius 1 is 1.55 bits per heavy atom. The topological polar surface area (TPSA) is 12.9 Å². The van der Waals surface area contributed by atoms with E-state index < -0.39 is 0 Å². The van der Waals surface area contributed by atoms with Crippen LogP contribution in [0.2, 0.25) is 0 Å². The SMILES string of the molecule is CS(=S)SSc1ccccn1. The second-order valence-corrected chi connectivity index (χ2v) is 9.01. The molecule has 0 saturated heterocycles. The maximum absolute atomic E-state index is 5.02. The lowest BCUT2D eigenvalue weighted by atomic mass is 10.5. The molecule has 0 aliphatic rings. The van der Waals surface area contributed by atoms with Gasteiger partial charge in [0, 0.05) is 6.20 Å². The maximum Gasteiger partial charge on any atom is 0.107 e. The van der Waals surface area contributed by atoms with Crippen molar-refractivity contribution in [2.24, 2.45) is 0 Å². The van der Waals surface area contributed by atoms with E-state index in [2.05, 4.69) is 4.98 Å². The molecule has 0 fully saturated rings. The van der Waals surface area contributed by atoms with Gasteiger partial charge in [-0.1, -0.05) is 14.6 Å². The summed E-state index contributed by atoms with van der Waals surface area (Å²) >= 11 is 5.02. The van der Waals surface area contributed by atoms with Crippen LogP contribution in [-0.4, -0.2) is 11.2 Å². The molecule has 1 aromatic heterocycles. The molecule has 0 amide bonds. The predicted molar refractivity (Wildman–Crippen MR) is 58.3 cm³/mol. The van der Waals surface area contributed by atoms with Crippen molar-refractivity contribution in [2.75, 3.05) is 6.26 Å². The molecule has 60 valence electrons. The molecule has 0 bridgehead atoms. The third kappa shape index (κ3) is 4.10. The van der Waals surface area contributed by atoms with E-state index in [1.54, 1.807) is 26.8 Å². The zero-order valence-electron chi connectivity index (χ0n) is 5.89. The van der Waals surface area contributed by atoms with Gasteiger partial charge in [0.05, 0.1) is 0 Å². The highest BCUT2D eigenvalue weighted by Crippen LogP contribution is 2.30. The Kier molecular flexibility index (Phi) is 4.44. The van der Waals surface area contributed by atoms with Crippen molar-refractivity contribution in [3.63, 3.8) is 0 Å². The summed E-state index contributed by atoms with van der Waals surface area (Å²) in [6.07, 6.45) is 3.82. The van der Waals surface area contributed by atoms with E-state index in [0.29, 0.717) is 0 Å². The third-order valence-electron chi connectivity index (χ3n) is 0.853. The molecule has 0 aliphatic carbocycles. The van der Waals surface area contributed by atoms with Crippen molar-refractivity contribution in [1.29, 1.82) is 0 Å². The second kappa shape index (κ2) is 5.13. The first-order valence-electron chi connectivity index (χ1n) is 2.88. The average molecular weight is 221 g/mol. The van der Waals surface area contributed by atoms with E-state index in [4.69, 9.17) is 11.2 Å². The van der Waals surface area contributed by atoms with E-state index in [-0.39, 0.29) is 8.49 Å². The molecule has 0 radical (unpaired) electrons. The number of aromatic nitrogens is 1. The van der Waals surface area contributed by atoms with Crippen molar-refractivity contribution >= 4 is 40.3 Å². The van der Waals surface area contributed by atoms with E-state index in [1.807, 2.05) is 24.5 Å². The molecule has 0 saturated carbocycles.